The summed E-state index contributed by atoms with van der Waals surface area (Å²) in [6.07, 6.45) is -1.51. The molecule has 1 saturated heterocycles. The molecule has 33 heavy (non-hydrogen) atoms. The number of cyclic esters (lactones) is 1. The highest BCUT2D eigenvalue weighted by Crippen LogP contribution is 2.41. The number of halogens is 1. The van der Waals surface area contributed by atoms with E-state index in [1.807, 2.05) is 54.6 Å². The molecule has 0 saturated carbocycles. The lowest BCUT2D eigenvalue weighted by atomic mass is 9.91. The molecule has 6 heteroatoms. The van der Waals surface area contributed by atoms with Gasteiger partial charge in [-0.15, -0.1) is 0 Å². The largest absolute Gasteiger partial charge is 0.440 e. The average Bonchev–Trinajstić information content (AvgIpc) is 3.06. The Kier molecular flexibility index (Phi) is 6.29. The van der Waals surface area contributed by atoms with E-state index in [2.05, 4.69) is 0 Å². The SMILES string of the molecule is CC(OCc1ccc(-c2ccc(F)cc2)cc1)C(=O)N1C(=O)OC(C)(C)[C@@H]1c1ccccc1. The Labute approximate surface area is 192 Å². The van der Waals surface area contributed by atoms with Crippen LogP contribution in [0.5, 0.6) is 0 Å². The summed E-state index contributed by atoms with van der Waals surface area (Å²) in [5, 5.41) is 0. The number of rotatable bonds is 6. The normalized spacial score (nSPS) is 18.1. The Morgan fingerprint density at radius 3 is 2.18 bits per heavy atom. The van der Waals surface area contributed by atoms with Crippen molar-refractivity contribution in [1.29, 1.82) is 0 Å². The van der Waals surface area contributed by atoms with Gasteiger partial charge in [-0.1, -0.05) is 66.7 Å². The van der Waals surface area contributed by atoms with Crippen LogP contribution in [0.1, 0.15) is 37.9 Å². The molecule has 0 N–H and O–H groups in total. The zero-order valence-electron chi connectivity index (χ0n) is 18.8. The minimum Gasteiger partial charge on any atom is -0.440 e. The molecule has 1 unspecified atom stereocenters. The smallest absolute Gasteiger partial charge is 0.417 e. The second-order valence-corrected chi connectivity index (χ2v) is 8.65. The van der Waals surface area contributed by atoms with Crippen molar-refractivity contribution in [3.63, 3.8) is 0 Å². The molecule has 3 aromatic rings. The number of carbonyl (C=O) groups excluding carboxylic acids is 2. The van der Waals surface area contributed by atoms with E-state index in [4.69, 9.17) is 9.47 Å². The first-order valence-corrected chi connectivity index (χ1v) is 10.8. The van der Waals surface area contributed by atoms with Crippen molar-refractivity contribution in [2.75, 3.05) is 0 Å². The maximum atomic E-state index is 13.2. The van der Waals surface area contributed by atoms with Crippen molar-refractivity contribution in [2.45, 2.75) is 45.1 Å². The molecule has 1 aliphatic rings. The van der Waals surface area contributed by atoms with Gasteiger partial charge < -0.3 is 9.47 Å². The van der Waals surface area contributed by atoms with Crippen molar-refractivity contribution in [3.8, 4) is 11.1 Å². The zero-order chi connectivity index (χ0) is 23.6. The van der Waals surface area contributed by atoms with Crippen LogP contribution < -0.4 is 0 Å². The van der Waals surface area contributed by atoms with E-state index >= 15 is 0 Å². The summed E-state index contributed by atoms with van der Waals surface area (Å²) < 4.78 is 24.5. The van der Waals surface area contributed by atoms with Gasteiger partial charge in [0, 0.05) is 0 Å². The number of imide groups is 1. The Morgan fingerprint density at radius 1 is 1.00 bits per heavy atom. The zero-order valence-corrected chi connectivity index (χ0v) is 18.8. The van der Waals surface area contributed by atoms with Crippen LogP contribution in [0, 0.1) is 5.82 Å². The first kappa shape index (κ1) is 22.7. The standard InChI is InChI=1S/C27H26FNO4/c1-18(32-17-19-9-11-20(12-10-19)21-13-15-23(28)16-14-21)25(30)29-24(22-7-5-4-6-8-22)27(2,3)33-26(29)31/h4-16,18,24H,17H2,1-3H3/t18?,24-/m0/s1. The lowest BCUT2D eigenvalue weighted by Crippen LogP contribution is -2.43. The number of benzene rings is 3. The summed E-state index contributed by atoms with van der Waals surface area (Å²) in [4.78, 5) is 26.9. The lowest BCUT2D eigenvalue weighted by molar-refractivity contribution is -0.141. The molecule has 0 aromatic heterocycles. The molecular weight excluding hydrogens is 421 g/mol. The predicted octanol–water partition coefficient (Wildman–Crippen LogP) is 5.90. The van der Waals surface area contributed by atoms with Crippen LogP contribution in [0.2, 0.25) is 0 Å². The fraction of sp³-hybridized carbons (Fsp3) is 0.259. The highest BCUT2D eigenvalue weighted by molar-refractivity contribution is 5.96. The highest BCUT2D eigenvalue weighted by atomic mass is 19.1. The molecule has 3 aromatic carbocycles. The minimum absolute atomic E-state index is 0.207. The van der Waals surface area contributed by atoms with Crippen LogP contribution in [0.15, 0.2) is 78.9 Å². The van der Waals surface area contributed by atoms with Crippen molar-refractivity contribution in [1.82, 2.24) is 4.90 Å². The third kappa shape index (κ3) is 4.81. The second-order valence-electron chi connectivity index (χ2n) is 8.65. The molecule has 0 spiro atoms. The first-order valence-electron chi connectivity index (χ1n) is 10.8. The van der Waals surface area contributed by atoms with Gasteiger partial charge in [0.25, 0.3) is 5.91 Å². The number of ether oxygens (including phenoxy) is 2. The van der Waals surface area contributed by atoms with Crippen LogP contribution in [0.25, 0.3) is 11.1 Å². The number of nitrogens with zero attached hydrogens (tertiary/aromatic N) is 1. The summed E-state index contributed by atoms with van der Waals surface area (Å²) in [5.41, 5.74) is 2.71. The van der Waals surface area contributed by atoms with E-state index in [9.17, 15) is 14.0 Å². The summed E-state index contributed by atoms with van der Waals surface area (Å²) >= 11 is 0. The predicted molar refractivity (Wildman–Crippen MR) is 123 cm³/mol. The average molecular weight is 448 g/mol. The Hall–Kier alpha value is -3.51. The van der Waals surface area contributed by atoms with Crippen LogP contribution >= 0.6 is 0 Å². The fourth-order valence-electron chi connectivity index (χ4n) is 4.07. The third-order valence-corrected chi connectivity index (χ3v) is 5.80. The molecule has 1 fully saturated rings. The topological polar surface area (TPSA) is 55.8 Å². The van der Waals surface area contributed by atoms with Crippen LogP contribution in [0.3, 0.4) is 0 Å². The monoisotopic (exact) mass is 447 g/mol. The summed E-state index contributed by atoms with van der Waals surface area (Å²) in [7, 11) is 0. The molecule has 0 aliphatic carbocycles. The van der Waals surface area contributed by atoms with E-state index in [1.165, 1.54) is 12.1 Å². The van der Waals surface area contributed by atoms with Gasteiger partial charge in [-0.05, 0) is 55.2 Å². The van der Waals surface area contributed by atoms with Gasteiger partial charge in [-0.2, -0.15) is 0 Å². The molecule has 2 amide bonds. The summed E-state index contributed by atoms with van der Waals surface area (Å²) in [6, 6.07) is 22.8. The molecule has 0 radical (unpaired) electrons. The Morgan fingerprint density at radius 2 is 1.58 bits per heavy atom. The van der Waals surface area contributed by atoms with E-state index in [1.54, 1.807) is 32.9 Å². The van der Waals surface area contributed by atoms with E-state index in [0.717, 1.165) is 27.2 Å². The molecule has 2 atom stereocenters. The number of hydrogen-bond donors (Lipinski definition) is 0. The van der Waals surface area contributed by atoms with Gasteiger partial charge >= 0.3 is 6.09 Å². The molecule has 0 bridgehead atoms. The van der Waals surface area contributed by atoms with E-state index < -0.39 is 29.7 Å². The van der Waals surface area contributed by atoms with Crippen molar-refractivity contribution in [2.24, 2.45) is 0 Å². The maximum Gasteiger partial charge on any atom is 0.417 e. The quantitative estimate of drug-likeness (QED) is 0.472. The number of carbonyl (C=O) groups is 2. The number of hydrogen-bond acceptors (Lipinski definition) is 4. The first-order chi connectivity index (χ1) is 15.8. The summed E-state index contributed by atoms with van der Waals surface area (Å²) in [5.74, 6) is -0.718. The van der Waals surface area contributed by atoms with Gasteiger partial charge in [0.15, 0.2) is 0 Å². The lowest BCUT2D eigenvalue weighted by Gasteiger charge is -2.29. The van der Waals surface area contributed by atoms with Gasteiger partial charge in [0.05, 0.1) is 6.61 Å². The minimum atomic E-state index is -0.857. The van der Waals surface area contributed by atoms with Crippen molar-refractivity contribution < 1.29 is 23.5 Å². The van der Waals surface area contributed by atoms with Crippen molar-refractivity contribution in [3.05, 3.63) is 95.8 Å². The van der Waals surface area contributed by atoms with E-state index in [0.29, 0.717) is 0 Å². The summed E-state index contributed by atoms with van der Waals surface area (Å²) in [6.45, 7) is 5.43. The van der Waals surface area contributed by atoms with Gasteiger partial charge in [-0.3, -0.25) is 4.79 Å². The molecule has 4 rings (SSSR count). The Balaban J connectivity index is 1.43. The molecule has 1 aliphatic heterocycles. The number of amides is 2. The van der Waals surface area contributed by atoms with Crippen LogP contribution in [-0.4, -0.2) is 28.6 Å². The van der Waals surface area contributed by atoms with Crippen LogP contribution in [0.4, 0.5) is 9.18 Å². The van der Waals surface area contributed by atoms with Crippen LogP contribution in [-0.2, 0) is 20.9 Å². The van der Waals surface area contributed by atoms with Gasteiger partial charge in [0.2, 0.25) is 0 Å². The van der Waals surface area contributed by atoms with Crippen molar-refractivity contribution >= 4 is 12.0 Å². The molecular formula is C27H26FNO4. The highest BCUT2D eigenvalue weighted by Gasteiger charge is 2.52. The third-order valence-electron chi connectivity index (χ3n) is 5.80. The maximum absolute atomic E-state index is 13.2. The van der Waals surface area contributed by atoms with Gasteiger partial charge in [-0.25, -0.2) is 14.1 Å². The Bertz CT molecular complexity index is 1130. The fourth-order valence-corrected chi connectivity index (χ4v) is 4.07. The molecule has 1 heterocycles. The molecule has 5 nitrogen and oxygen atoms in total. The molecule has 170 valence electrons. The second kappa shape index (κ2) is 9.16. The van der Waals surface area contributed by atoms with E-state index in [-0.39, 0.29) is 12.4 Å². The van der Waals surface area contributed by atoms with Gasteiger partial charge in [0.1, 0.15) is 23.6 Å².